The molecule has 1 saturated carbocycles. The van der Waals surface area contributed by atoms with E-state index >= 15 is 0 Å². The second-order valence-corrected chi connectivity index (χ2v) is 6.04. The van der Waals surface area contributed by atoms with Crippen LogP contribution in [-0.2, 0) is 13.0 Å². The van der Waals surface area contributed by atoms with Crippen molar-refractivity contribution in [3.05, 3.63) is 33.7 Å². The number of H-pyrrole nitrogens is 1. The molecule has 0 bridgehead atoms. The fourth-order valence-electron chi connectivity index (χ4n) is 3.34. The predicted octanol–water partition coefficient (Wildman–Crippen LogP) is 0.570. The van der Waals surface area contributed by atoms with E-state index in [-0.39, 0.29) is 17.6 Å². The molecule has 0 radical (unpaired) electrons. The van der Waals surface area contributed by atoms with Gasteiger partial charge in [0.1, 0.15) is 0 Å². The molecule has 0 spiro atoms. The van der Waals surface area contributed by atoms with Gasteiger partial charge in [0.25, 0.3) is 5.56 Å². The summed E-state index contributed by atoms with van der Waals surface area (Å²) < 4.78 is 0. The zero-order valence-electron chi connectivity index (χ0n) is 12.1. The highest BCUT2D eigenvalue weighted by Crippen LogP contribution is 2.25. The number of nitrogens with one attached hydrogen (secondary N) is 2. The molecule has 21 heavy (non-hydrogen) atoms. The zero-order valence-corrected chi connectivity index (χ0v) is 12.1. The molecule has 0 saturated heterocycles. The minimum Gasteiger partial charge on any atom is -0.335 e. The topological polar surface area (TPSA) is 91.2 Å². The Labute approximate surface area is 123 Å². The number of rotatable bonds is 2. The molecule has 6 nitrogen and oxygen atoms in total. The van der Waals surface area contributed by atoms with E-state index in [2.05, 4.69) is 10.3 Å². The first-order valence-electron chi connectivity index (χ1n) is 7.62. The van der Waals surface area contributed by atoms with Gasteiger partial charge in [-0.1, -0.05) is 0 Å². The smallest absolute Gasteiger partial charge is 0.317 e. The molecule has 2 aliphatic rings. The summed E-state index contributed by atoms with van der Waals surface area (Å²) in [5, 5.41) is 3.08. The average Bonchev–Trinajstić information content (AvgIpc) is 2.95. The number of nitrogens with zero attached hydrogens (tertiary/aromatic N) is 1. The first-order valence-corrected chi connectivity index (χ1v) is 7.62. The van der Waals surface area contributed by atoms with Crippen LogP contribution in [0.1, 0.15) is 30.4 Å². The minimum atomic E-state index is -0.0888. The van der Waals surface area contributed by atoms with Crippen molar-refractivity contribution < 1.29 is 4.79 Å². The zero-order chi connectivity index (χ0) is 14.8. The number of urea groups is 1. The third-order valence-electron chi connectivity index (χ3n) is 4.65. The van der Waals surface area contributed by atoms with Crippen LogP contribution in [0, 0.1) is 5.92 Å². The summed E-state index contributed by atoms with van der Waals surface area (Å²) in [6.45, 7) is 1.75. The number of aromatic amines is 1. The van der Waals surface area contributed by atoms with Crippen LogP contribution in [0.5, 0.6) is 0 Å². The quantitative estimate of drug-likeness (QED) is 0.743. The average molecular weight is 290 g/mol. The van der Waals surface area contributed by atoms with Gasteiger partial charge in [0.2, 0.25) is 0 Å². The number of carbonyl (C=O) groups is 1. The molecule has 1 aromatic rings. The fourth-order valence-corrected chi connectivity index (χ4v) is 3.34. The van der Waals surface area contributed by atoms with Crippen molar-refractivity contribution in [1.29, 1.82) is 0 Å². The second kappa shape index (κ2) is 5.89. The van der Waals surface area contributed by atoms with Crippen LogP contribution in [-0.4, -0.2) is 35.0 Å². The van der Waals surface area contributed by atoms with Crippen LogP contribution in [0.25, 0.3) is 0 Å². The van der Waals surface area contributed by atoms with E-state index in [0.29, 0.717) is 31.1 Å². The number of hydrogen-bond donors (Lipinski definition) is 3. The highest BCUT2D eigenvalue weighted by Gasteiger charge is 2.28. The first-order chi connectivity index (χ1) is 10.2. The summed E-state index contributed by atoms with van der Waals surface area (Å²) in [5.41, 5.74) is 7.35. The van der Waals surface area contributed by atoms with Gasteiger partial charge in [-0.05, 0) is 49.8 Å². The summed E-state index contributed by atoms with van der Waals surface area (Å²) in [7, 11) is 0. The van der Waals surface area contributed by atoms with E-state index in [1.807, 2.05) is 6.07 Å². The van der Waals surface area contributed by atoms with Gasteiger partial charge in [0, 0.05) is 24.3 Å². The van der Waals surface area contributed by atoms with Crippen molar-refractivity contribution in [2.24, 2.45) is 11.7 Å². The number of pyridine rings is 1. The van der Waals surface area contributed by atoms with Crippen LogP contribution in [0.15, 0.2) is 17.1 Å². The maximum absolute atomic E-state index is 12.3. The number of amides is 2. The van der Waals surface area contributed by atoms with Gasteiger partial charge in [-0.25, -0.2) is 4.79 Å². The summed E-state index contributed by atoms with van der Waals surface area (Å²) in [4.78, 5) is 28.6. The van der Waals surface area contributed by atoms with Gasteiger partial charge in [0.15, 0.2) is 0 Å². The molecule has 2 atom stereocenters. The molecule has 3 rings (SSSR count). The molecule has 1 aliphatic heterocycles. The van der Waals surface area contributed by atoms with E-state index in [9.17, 15) is 9.59 Å². The monoisotopic (exact) mass is 290 g/mol. The minimum absolute atomic E-state index is 0.0634. The normalized spacial score (nSPS) is 24.7. The standard InChI is InChI=1S/C15H22N4O2/c16-8-10-1-2-12(7-10)18-15(21)19-6-4-11-3-5-17-14(20)13(11)9-19/h3,5,10,12H,1-2,4,6-9,16H2,(H,17,20)(H,18,21). The third-order valence-corrected chi connectivity index (χ3v) is 4.65. The van der Waals surface area contributed by atoms with Gasteiger partial charge in [0.05, 0.1) is 6.54 Å². The number of fused-ring (bicyclic) bond motifs is 1. The molecule has 2 unspecified atom stereocenters. The Morgan fingerprint density at radius 2 is 2.33 bits per heavy atom. The molecule has 6 heteroatoms. The van der Waals surface area contributed by atoms with Gasteiger partial charge in [-0.15, -0.1) is 0 Å². The molecule has 1 aliphatic carbocycles. The number of aromatic nitrogens is 1. The van der Waals surface area contributed by atoms with Gasteiger partial charge in [-0.2, -0.15) is 0 Å². The Morgan fingerprint density at radius 3 is 3.10 bits per heavy atom. The number of hydrogen-bond acceptors (Lipinski definition) is 3. The van der Waals surface area contributed by atoms with Gasteiger partial charge in [-0.3, -0.25) is 4.79 Å². The summed E-state index contributed by atoms with van der Waals surface area (Å²) >= 11 is 0. The molecule has 2 heterocycles. The Kier molecular flexibility index (Phi) is 3.96. The van der Waals surface area contributed by atoms with E-state index in [0.717, 1.165) is 31.2 Å². The van der Waals surface area contributed by atoms with Crippen LogP contribution >= 0.6 is 0 Å². The van der Waals surface area contributed by atoms with Crippen LogP contribution < -0.4 is 16.6 Å². The van der Waals surface area contributed by atoms with Crippen molar-refractivity contribution >= 4 is 6.03 Å². The fraction of sp³-hybridized carbons (Fsp3) is 0.600. The van der Waals surface area contributed by atoms with Crippen molar-refractivity contribution in [3.8, 4) is 0 Å². The first kappa shape index (κ1) is 14.1. The molecule has 4 N–H and O–H groups in total. The lowest BCUT2D eigenvalue weighted by Crippen LogP contribution is -2.47. The molecular formula is C15H22N4O2. The highest BCUT2D eigenvalue weighted by atomic mass is 16.2. The summed E-state index contributed by atoms with van der Waals surface area (Å²) in [6, 6.07) is 2.09. The van der Waals surface area contributed by atoms with E-state index in [4.69, 9.17) is 5.73 Å². The highest BCUT2D eigenvalue weighted by molar-refractivity contribution is 5.75. The van der Waals surface area contributed by atoms with Gasteiger partial charge < -0.3 is 20.9 Å². The number of carbonyl (C=O) groups excluding carboxylic acids is 1. The van der Waals surface area contributed by atoms with E-state index in [1.165, 1.54) is 0 Å². The lowest BCUT2D eigenvalue weighted by Gasteiger charge is -2.29. The molecule has 1 fully saturated rings. The van der Waals surface area contributed by atoms with Gasteiger partial charge >= 0.3 is 6.03 Å². The lowest BCUT2D eigenvalue weighted by atomic mass is 10.0. The Balaban J connectivity index is 1.62. The summed E-state index contributed by atoms with van der Waals surface area (Å²) in [6.07, 6.45) is 5.46. The van der Waals surface area contributed by atoms with Crippen LogP contribution in [0.3, 0.4) is 0 Å². The van der Waals surface area contributed by atoms with Crippen LogP contribution in [0.4, 0.5) is 4.79 Å². The van der Waals surface area contributed by atoms with Crippen molar-refractivity contribution in [3.63, 3.8) is 0 Å². The van der Waals surface area contributed by atoms with Crippen molar-refractivity contribution in [2.75, 3.05) is 13.1 Å². The molecular weight excluding hydrogens is 268 g/mol. The van der Waals surface area contributed by atoms with Crippen molar-refractivity contribution in [2.45, 2.75) is 38.3 Å². The summed E-state index contributed by atoms with van der Waals surface area (Å²) in [5.74, 6) is 0.528. The van der Waals surface area contributed by atoms with E-state index in [1.54, 1.807) is 11.1 Å². The SMILES string of the molecule is NCC1CCC(NC(=O)N2CCc3cc[nH]c(=O)c3C2)C1. The Hall–Kier alpha value is -1.82. The van der Waals surface area contributed by atoms with E-state index < -0.39 is 0 Å². The number of nitrogens with two attached hydrogens (primary N) is 1. The second-order valence-electron chi connectivity index (χ2n) is 6.04. The molecule has 114 valence electrons. The largest absolute Gasteiger partial charge is 0.335 e. The Morgan fingerprint density at radius 1 is 1.48 bits per heavy atom. The molecule has 2 amide bonds. The predicted molar refractivity (Wildman–Crippen MR) is 79.9 cm³/mol. The maximum Gasteiger partial charge on any atom is 0.317 e. The molecule has 0 aromatic carbocycles. The molecule has 1 aromatic heterocycles. The Bertz CT molecular complexity index is 583. The third kappa shape index (κ3) is 2.95. The van der Waals surface area contributed by atoms with Crippen molar-refractivity contribution in [1.82, 2.24) is 15.2 Å². The van der Waals surface area contributed by atoms with Crippen LogP contribution in [0.2, 0.25) is 0 Å². The maximum atomic E-state index is 12.3. The lowest BCUT2D eigenvalue weighted by molar-refractivity contribution is 0.188.